The monoisotopic (exact) mass is 392 g/mol. The Morgan fingerprint density at radius 3 is 2.90 bits per heavy atom. The lowest BCUT2D eigenvalue weighted by Crippen LogP contribution is -2.11. The van der Waals surface area contributed by atoms with Crippen LogP contribution in [-0.2, 0) is 6.42 Å². The summed E-state index contributed by atoms with van der Waals surface area (Å²) in [7, 11) is 0. The predicted molar refractivity (Wildman–Crippen MR) is 94.1 cm³/mol. The van der Waals surface area contributed by atoms with Crippen molar-refractivity contribution in [3.8, 4) is 0 Å². The third-order valence-corrected chi connectivity index (χ3v) is 5.18. The van der Waals surface area contributed by atoms with E-state index in [1.165, 1.54) is 0 Å². The fraction of sp³-hybridized carbons (Fsp3) is 0.533. The largest absolute Gasteiger partial charge is 0.325 e. The lowest BCUT2D eigenvalue weighted by molar-refractivity contribution is 0.527. The van der Waals surface area contributed by atoms with Crippen molar-refractivity contribution < 1.29 is 4.39 Å². The van der Waals surface area contributed by atoms with Gasteiger partial charge in [-0.2, -0.15) is 11.8 Å². The average molecular weight is 394 g/mol. The number of thioether (sulfide) groups is 1. The van der Waals surface area contributed by atoms with E-state index in [-0.39, 0.29) is 11.9 Å². The lowest BCUT2D eigenvalue weighted by Gasteiger charge is -2.17. The van der Waals surface area contributed by atoms with E-state index in [2.05, 4.69) is 39.3 Å². The number of hydrogen-bond acceptors (Lipinski definition) is 2. The highest BCUT2D eigenvalue weighted by atomic mass is 79.9. The Bertz CT molecular complexity index is 617. The Morgan fingerprint density at radius 1 is 1.48 bits per heavy atom. The van der Waals surface area contributed by atoms with E-state index >= 15 is 0 Å². The van der Waals surface area contributed by atoms with E-state index in [0.29, 0.717) is 16.8 Å². The maximum Gasteiger partial charge on any atom is 0.139 e. The third-order valence-electron chi connectivity index (χ3n) is 3.45. The minimum absolute atomic E-state index is 0.254. The molecule has 21 heavy (non-hydrogen) atoms. The fourth-order valence-electron chi connectivity index (χ4n) is 2.42. The number of nitrogens with zero attached hydrogens (tertiary/aromatic N) is 2. The number of aryl methyl sites for hydroxylation is 1. The molecule has 0 N–H and O–H groups in total. The molecule has 0 aliphatic heterocycles. The molecule has 0 radical (unpaired) electrons. The molecule has 2 nitrogen and oxygen atoms in total. The minimum atomic E-state index is -0.254. The zero-order valence-corrected chi connectivity index (χ0v) is 15.4. The van der Waals surface area contributed by atoms with Crippen LogP contribution in [0.1, 0.15) is 32.1 Å². The van der Waals surface area contributed by atoms with Crippen LogP contribution in [0.2, 0.25) is 0 Å². The van der Waals surface area contributed by atoms with Gasteiger partial charge in [-0.05, 0) is 46.8 Å². The van der Waals surface area contributed by atoms with E-state index in [4.69, 9.17) is 11.6 Å². The van der Waals surface area contributed by atoms with Crippen LogP contribution in [0, 0.1) is 5.82 Å². The average Bonchev–Trinajstić information content (AvgIpc) is 2.77. The molecule has 6 heteroatoms. The second kappa shape index (κ2) is 7.84. The molecule has 1 aromatic heterocycles. The number of aromatic nitrogens is 2. The van der Waals surface area contributed by atoms with Crippen molar-refractivity contribution >= 4 is 50.3 Å². The molecule has 1 unspecified atom stereocenters. The van der Waals surface area contributed by atoms with Crippen molar-refractivity contribution in [3.05, 3.63) is 28.2 Å². The number of fused-ring (bicyclic) bond motifs is 1. The van der Waals surface area contributed by atoms with Gasteiger partial charge in [0.15, 0.2) is 0 Å². The molecule has 0 saturated heterocycles. The van der Waals surface area contributed by atoms with Crippen molar-refractivity contribution in [2.45, 2.75) is 32.7 Å². The summed E-state index contributed by atoms with van der Waals surface area (Å²) in [5.74, 6) is 3.41. The number of alkyl halides is 1. The number of halogens is 3. The first-order valence-corrected chi connectivity index (χ1v) is 9.56. The molecule has 116 valence electrons. The lowest BCUT2D eigenvalue weighted by atomic mass is 10.2. The second-order valence-corrected chi connectivity index (χ2v) is 7.55. The minimum Gasteiger partial charge on any atom is -0.325 e. The Labute approximate surface area is 142 Å². The summed E-state index contributed by atoms with van der Waals surface area (Å²) in [5.41, 5.74) is 1.67. The fourth-order valence-corrected chi connectivity index (χ4v) is 3.72. The Kier molecular flexibility index (Phi) is 6.38. The van der Waals surface area contributed by atoms with Gasteiger partial charge in [-0.1, -0.05) is 6.92 Å². The summed E-state index contributed by atoms with van der Waals surface area (Å²) in [5, 5.41) is 0. The van der Waals surface area contributed by atoms with E-state index in [1.54, 1.807) is 12.1 Å². The van der Waals surface area contributed by atoms with Crippen LogP contribution in [0.4, 0.5) is 4.39 Å². The highest BCUT2D eigenvalue weighted by Gasteiger charge is 2.17. The third kappa shape index (κ3) is 3.93. The molecule has 0 bridgehead atoms. The highest BCUT2D eigenvalue weighted by molar-refractivity contribution is 9.10. The molecule has 1 heterocycles. The number of imidazole rings is 1. The van der Waals surface area contributed by atoms with Crippen molar-refractivity contribution in [3.63, 3.8) is 0 Å². The second-order valence-electron chi connectivity index (χ2n) is 4.93. The molecule has 0 spiro atoms. The number of hydrogen-bond donors (Lipinski definition) is 0. The molecule has 2 rings (SSSR count). The summed E-state index contributed by atoms with van der Waals surface area (Å²) in [6, 6.07) is 3.59. The molecule has 0 aliphatic carbocycles. The van der Waals surface area contributed by atoms with Crippen LogP contribution < -0.4 is 0 Å². The van der Waals surface area contributed by atoms with E-state index in [9.17, 15) is 4.39 Å². The molecule has 0 amide bonds. The van der Waals surface area contributed by atoms with Gasteiger partial charge in [0.25, 0.3) is 0 Å². The Balaban J connectivity index is 2.42. The van der Waals surface area contributed by atoms with E-state index < -0.39 is 0 Å². The van der Waals surface area contributed by atoms with Gasteiger partial charge < -0.3 is 4.57 Å². The van der Waals surface area contributed by atoms with Crippen molar-refractivity contribution in [2.75, 3.05) is 17.4 Å². The molecule has 1 atom stereocenters. The number of benzene rings is 1. The Hall–Kier alpha value is -0.260. The van der Waals surface area contributed by atoms with E-state index in [0.717, 1.165) is 34.8 Å². The topological polar surface area (TPSA) is 17.8 Å². The highest BCUT2D eigenvalue weighted by Crippen LogP contribution is 2.28. The van der Waals surface area contributed by atoms with Gasteiger partial charge in [-0.25, -0.2) is 9.37 Å². The van der Waals surface area contributed by atoms with Gasteiger partial charge in [0.05, 0.1) is 15.5 Å². The van der Waals surface area contributed by atoms with Crippen LogP contribution >= 0.6 is 39.3 Å². The molecule has 0 fully saturated rings. The molecule has 1 aromatic carbocycles. The van der Waals surface area contributed by atoms with Gasteiger partial charge in [0.1, 0.15) is 11.6 Å². The van der Waals surface area contributed by atoms with Gasteiger partial charge in [-0.15, -0.1) is 11.6 Å². The van der Waals surface area contributed by atoms with Crippen LogP contribution in [-0.4, -0.2) is 26.9 Å². The maximum absolute atomic E-state index is 13.9. The summed E-state index contributed by atoms with van der Waals surface area (Å²) in [6.45, 7) is 4.32. The van der Waals surface area contributed by atoms with Crippen LogP contribution in [0.15, 0.2) is 16.6 Å². The molecule has 0 aliphatic rings. The molecular weight excluding hydrogens is 375 g/mol. The van der Waals surface area contributed by atoms with Crippen molar-refractivity contribution in [1.82, 2.24) is 9.55 Å². The smallest absolute Gasteiger partial charge is 0.139 e. The summed E-state index contributed by atoms with van der Waals surface area (Å²) in [6.07, 6.45) is 1.73. The van der Waals surface area contributed by atoms with E-state index in [1.807, 2.05) is 11.8 Å². The first-order valence-electron chi connectivity index (χ1n) is 7.08. The Morgan fingerprint density at radius 2 is 2.24 bits per heavy atom. The normalized spacial score (nSPS) is 13.0. The standard InChI is InChI=1S/C15H19BrClFN2S/c1-3-21-7-5-10(2)20-14-9-12(18)11(16)8-13(14)19-15(20)4-6-17/h8-10H,3-7H2,1-2H3. The zero-order chi connectivity index (χ0) is 15.4. The van der Waals surface area contributed by atoms with Gasteiger partial charge >= 0.3 is 0 Å². The predicted octanol–water partition coefficient (Wildman–Crippen LogP) is 5.42. The quantitative estimate of drug-likeness (QED) is 0.461. The van der Waals surface area contributed by atoms with Gasteiger partial charge in [-0.3, -0.25) is 0 Å². The van der Waals surface area contributed by atoms with Crippen LogP contribution in [0.5, 0.6) is 0 Å². The molecule has 0 saturated carbocycles. The summed E-state index contributed by atoms with van der Waals surface area (Å²) >= 11 is 11.0. The summed E-state index contributed by atoms with van der Waals surface area (Å²) in [4.78, 5) is 4.63. The first kappa shape index (κ1) is 17.1. The van der Waals surface area contributed by atoms with Crippen LogP contribution in [0.25, 0.3) is 11.0 Å². The summed E-state index contributed by atoms with van der Waals surface area (Å²) < 4.78 is 16.5. The van der Waals surface area contributed by atoms with Gasteiger partial charge in [0, 0.05) is 24.4 Å². The number of rotatable bonds is 7. The molecule has 2 aromatic rings. The van der Waals surface area contributed by atoms with Crippen molar-refractivity contribution in [1.29, 1.82) is 0 Å². The van der Waals surface area contributed by atoms with Crippen molar-refractivity contribution in [2.24, 2.45) is 0 Å². The maximum atomic E-state index is 13.9. The van der Waals surface area contributed by atoms with Crippen LogP contribution in [0.3, 0.4) is 0 Å². The zero-order valence-electron chi connectivity index (χ0n) is 12.2. The first-order chi connectivity index (χ1) is 10.1. The SMILES string of the molecule is CCSCCC(C)n1c(CCCl)nc2cc(Br)c(F)cc21. The molecular formula is C15H19BrClFN2S. The van der Waals surface area contributed by atoms with Gasteiger partial charge in [0.2, 0.25) is 0 Å².